The second kappa shape index (κ2) is 7.25. The first-order chi connectivity index (χ1) is 9.70. The molecule has 0 aliphatic heterocycles. The Labute approximate surface area is 127 Å². The summed E-state index contributed by atoms with van der Waals surface area (Å²) >= 11 is 3.40. The number of aryl methyl sites for hydroxylation is 1. The number of nitrogens with zero attached hydrogens (tertiary/aromatic N) is 1. The monoisotopic (exact) mass is 331 g/mol. The quantitative estimate of drug-likeness (QED) is 0.721. The zero-order valence-corrected chi connectivity index (χ0v) is 12.9. The predicted octanol–water partition coefficient (Wildman–Crippen LogP) is 4.36. The summed E-state index contributed by atoms with van der Waals surface area (Å²) in [6.07, 6.45) is 6.64. The van der Waals surface area contributed by atoms with Gasteiger partial charge in [-0.05, 0) is 46.8 Å². The van der Waals surface area contributed by atoms with Crippen LogP contribution in [0.5, 0.6) is 0 Å². The second-order valence-electron chi connectivity index (χ2n) is 4.77. The Morgan fingerprint density at radius 2 is 1.95 bits per heavy atom. The van der Waals surface area contributed by atoms with Crippen LogP contribution in [-0.2, 0) is 6.42 Å². The molecule has 2 rings (SSSR count). The lowest BCUT2D eigenvalue weighted by molar-refractivity contribution is 0.520. The van der Waals surface area contributed by atoms with Gasteiger partial charge in [0.25, 0.3) is 5.56 Å². The highest BCUT2D eigenvalue weighted by atomic mass is 79.9. The van der Waals surface area contributed by atoms with E-state index >= 15 is 0 Å². The molecule has 2 aromatic rings. The molecule has 0 aliphatic rings. The number of rotatable bonds is 6. The van der Waals surface area contributed by atoms with Crippen LogP contribution < -0.4 is 5.56 Å². The third-order valence-electron chi connectivity index (χ3n) is 3.34. The molecular weight excluding hydrogens is 314 g/mol. The Morgan fingerprint density at radius 3 is 2.65 bits per heavy atom. The molecule has 0 fully saturated rings. The zero-order valence-electron chi connectivity index (χ0n) is 11.3. The van der Waals surface area contributed by atoms with Crippen molar-refractivity contribution in [2.45, 2.75) is 25.3 Å². The van der Waals surface area contributed by atoms with Crippen LogP contribution in [0.25, 0.3) is 0 Å². The Kier molecular flexibility index (Phi) is 5.36. The van der Waals surface area contributed by atoms with Crippen molar-refractivity contribution in [2.24, 2.45) is 0 Å². The van der Waals surface area contributed by atoms with E-state index in [9.17, 15) is 4.79 Å². The molecule has 0 radical (unpaired) electrons. The number of allylic oxidation sites excluding steroid dienone is 1. The largest absolute Gasteiger partial charge is 0.308 e. The number of hydrogen-bond acceptors (Lipinski definition) is 1. The molecule has 0 N–H and O–H groups in total. The molecule has 0 amide bonds. The minimum atomic E-state index is 0.0119. The van der Waals surface area contributed by atoms with E-state index in [2.05, 4.69) is 46.8 Å². The van der Waals surface area contributed by atoms with Gasteiger partial charge in [0.2, 0.25) is 0 Å². The maximum Gasteiger partial charge on any atom is 0.251 e. The molecule has 1 aromatic carbocycles. The van der Waals surface area contributed by atoms with Crippen LogP contribution in [0.2, 0.25) is 0 Å². The summed E-state index contributed by atoms with van der Waals surface area (Å²) < 4.78 is 2.65. The van der Waals surface area contributed by atoms with Crippen LogP contribution >= 0.6 is 15.9 Å². The summed E-state index contributed by atoms with van der Waals surface area (Å²) in [7, 11) is 0. The lowest BCUT2D eigenvalue weighted by Crippen LogP contribution is -2.22. The van der Waals surface area contributed by atoms with Crippen LogP contribution in [0, 0.1) is 0 Å². The molecule has 0 spiro atoms. The smallest absolute Gasteiger partial charge is 0.251 e. The van der Waals surface area contributed by atoms with Crippen LogP contribution in [0.4, 0.5) is 0 Å². The van der Waals surface area contributed by atoms with E-state index in [0.29, 0.717) is 0 Å². The maximum absolute atomic E-state index is 11.9. The van der Waals surface area contributed by atoms with Gasteiger partial charge in [0.1, 0.15) is 0 Å². The van der Waals surface area contributed by atoms with E-state index in [1.807, 2.05) is 18.3 Å². The summed E-state index contributed by atoms with van der Waals surface area (Å²) in [5, 5.41) is 0. The molecule has 104 valence electrons. The summed E-state index contributed by atoms with van der Waals surface area (Å²) in [5.74, 6) is 0. The Hall–Kier alpha value is -1.61. The summed E-state index contributed by atoms with van der Waals surface area (Å²) in [6, 6.07) is 13.8. The van der Waals surface area contributed by atoms with Crippen molar-refractivity contribution in [3.05, 3.63) is 81.7 Å². The van der Waals surface area contributed by atoms with E-state index < -0.39 is 0 Å². The van der Waals surface area contributed by atoms with E-state index in [-0.39, 0.29) is 11.6 Å². The minimum absolute atomic E-state index is 0.0119. The molecule has 1 heterocycles. The molecular formula is C17H18BrNO. The topological polar surface area (TPSA) is 22.0 Å². The zero-order chi connectivity index (χ0) is 14.4. The first kappa shape index (κ1) is 14.8. The third-order valence-corrected chi connectivity index (χ3v) is 3.81. The molecule has 1 aromatic heterocycles. The fourth-order valence-electron chi connectivity index (χ4n) is 2.27. The average molecular weight is 332 g/mol. The van der Waals surface area contributed by atoms with Gasteiger partial charge < -0.3 is 4.57 Å². The highest BCUT2D eigenvalue weighted by Gasteiger charge is 2.08. The van der Waals surface area contributed by atoms with Crippen molar-refractivity contribution in [3.8, 4) is 0 Å². The SMILES string of the molecule is C=CC(CCCc1ccccc1)n1cc(Br)ccc1=O. The normalized spacial score (nSPS) is 12.1. The predicted molar refractivity (Wildman–Crippen MR) is 87.0 cm³/mol. The molecule has 20 heavy (non-hydrogen) atoms. The minimum Gasteiger partial charge on any atom is -0.308 e. The van der Waals surface area contributed by atoms with Gasteiger partial charge in [-0.1, -0.05) is 36.4 Å². The van der Waals surface area contributed by atoms with E-state index in [4.69, 9.17) is 0 Å². The molecule has 1 atom stereocenters. The number of halogens is 1. The fraction of sp³-hybridized carbons (Fsp3) is 0.235. The number of pyridine rings is 1. The van der Waals surface area contributed by atoms with Gasteiger partial charge in [-0.2, -0.15) is 0 Å². The second-order valence-corrected chi connectivity index (χ2v) is 5.69. The van der Waals surface area contributed by atoms with Crippen molar-refractivity contribution in [3.63, 3.8) is 0 Å². The molecule has 3 heteroatoms. The Balaban J connectivity index is 2.01. The van der Waals surface area contributed by atoms with Gasteiger partial charge in [-0.15, -0.1) is 6.58 Å². The Bertz CT molecular complexity index is 618. The van der Waals surface area contributed by atoms with Gasteiger partial charge in [0, 0.05) is 16.7 Å². The van der Waals surface area contributed by atoms with Gasteiger partial charge >= 0.3 is 0 Å². The van der Waals surface area contributed by atoms with Crippen molar-refractivity contribution >= 4 is 15.9 Å². The highest BCUT2D eigenvalue weighted by molar-refractivity contribution is 9.10. The summed E-state index contributed by atoms with van der Waals surface area (Å²) in [4.78, 5) is 11.9. The van der Waals surface area contributed by atoms with Crippen molar-refractivity contribution in [1.29, 1.82) is 0 Å². The molecule has 0 aliphatic carbocycles. The van der Waals surface area contributed by atoms with Gasteiger partial charge in [-0.25, -0.2) is 0 Å². The van der Waals surface area contributed by atoms with Crippen LogP contribution in [0.15, 0.2) is 70.6 Å². The van der Waals surface area contributed by atoms with Crippen LogP contribution in [-0.4, -0.2) is 4.57 Å². The molecule has 0 saturated carbocycles. The number of aromatic nitrogens is 1. The third kappa shape index (κ3) is 3.94. The lowest BCUT2D eigenvalue weighted by Gasteiger charge is -2.16. The van der Waals surface area contributed by atoms with Crippen molar-refractivity contribution in [2.75, 3.05) is 0 Å². The Morgan fingerprint density at radius 1 is 1.20 bits per heavy atom. The molecule has 0 bridgehead atoms. The van der Waals surface area contributed by atoms with E-state index in [0.717, 1.165) is 23.7 Å². The first-order valence-electron chi connectivity index (χ1n) is 6.75. The van der Waals surface area contributed by atoms with E-state index in [1.54, 1.807) is 16.7 Å². The van der Waals surface area contributed by atoms with E-state index in [1.165, 1.54) is 5.56 Å². The number of hydrogen-bond donors (Lipinski definition) is 0. The van der Waals surface area contributed by atoms with Crippen LogP contribution in [0.1, 0.15) is 24.4 Å². The average Bonchev–Trinajstić information content (AvgIpc) is 2.48. The number of benzene rings is 1. The molecule has 0 saturated heterocycles. The fourth-order valence-corrected chi connectivity index (χ4v) is 2.62. The lowest BCUT2D eigenvalue weighted by atomic mass is 10.0. The highest BCUT2D eigenvalue weighted by Crippen LogP contribution is 2.17. The molecule has 1 unspecified atom stereocenters. The standard InChI is InChI=1S/C17H18BrNO/c1-2-16(19-13-15(18)11-12-17(19)20)10-6-9-14-7-4-3-5-8-14/h2-5,7-8,11-13,16H,1,6,9-10H2. The van der Waals surface area contributed by atoms with Crippen molar-refractivity contribution < 1.29 is 0 Å². The van der Waals surface area contributed by atoms with Gasteiger partial charge in [-0.3, -0.25) is 4.79 Å². The molecule has 2 nitrogen and oxygen atoms in total. The summed E-state index contributed by atoms with van der Waals surface area (Å²) in [6.45, 7) is 3.86. The maximum atomic E-state index is 11.9. The van der Waals surface area contributed by atoms with Gasteiger partial charge in [0.15, 0.2) is 0 Å². The van der Waals surface area contributed by atoms with Crippen LogP contribution in [0.3, 0.4) is 0 Å². The first-order valence-corrected chi connectivity index (χ1v) is 7.54. The summed E-state index contributed by atoms with van der Waals surface area (Å²) in [5.41, 5.74) is 1.34. The van der Waals surface area contributed by atoms with Gasteiger partial charge in [0.05, 0.1) is 6.04 Å². The van der Waals surface area contributed by atoms with Crippen molar-refractivity contribution in [1.82, 2.24) is 4.57 Å².